The standard InChI is InChI=1S/C10H11ClFNO5S/c1-18-5-7(10(14)15)13-19(16,17)8-4-2-3-6(11)9(8)12/h2-4,7,13H,5H2,1H3,(H,14,15). The third kappa shape index (κ3) is 3.87. The van der Waals surface area contributed by atoms with Gasteiger partial charge in [-0.2, -0.15) is 4.72 Å². The number of carboxylic acids is 1. The maximum atomic E-state index is 13.6. The molecule has 0 bridgehead atoms. The highest BCUT2D eigenvalue weighted by atomic mass is 35.5. The highest BCUT2D eigenvalue weighted by molar-refractivity contribution is 7.89. The number of rotatable bonds is 6. The third-order valence-electron chi connectivity index (χ3n) is 2.13. The molecule has 0 radical (unpaired) electrons. The predicted octanol–water partition coefficient (Wildman–Crippen LogP) is 0.857. The van der Waals surface area contributed by atoms with Crippen LogP contribution >= 0.6 is 11.6 Å². The molecule has 1 atom stereocenters. The van der Waals surface area contributed by atoms with Crippen LogP contribution in [0.2, 0.25) is 5.02 Å². The fourth-order valence-corrected chi connectivity index (χ4v) is 2.77. The van der Waals surface area contributed by atoms with Gasteiger partial charge in [0.15, 0.2) is 5.82 Å². The van der Waals surface area contributed by atoms with Crippen molar-refractivity contribution in [1.29, 1.82) is 0 Å². The molecule has 0 fully saturated rings. The van der Waals surface area contributed by atoms with E-state index in [9.17, 15) is 17.6 Å². The summed E-state index contributed by atoms with van der Waals surface area (Å²) in [6, 6.07) is 1.88. The first-order valence-corrected chi connectivity index (χ1v) is 6.83. The molecule has 0 aliphatic heterocycles. The molecule has 0 saturated heterocycles. The van der Waals surface area contributed by atoms with Crippen molar-refractivity contribution in [3.05, 3.63) is 29.0 Å². The number of sulfonamides is 1. The number of ether oxygens (including phenoxy) is 1. The minimum absolute atomic E-state index is 0.374. The summed E-state index contributed by atoms with van der Waals surface area (Å²) < 4.78 is 43.7. The number of halogens is 2. The number of nitrogens with one attached hydrogen (secondary N) is 1. The number of methoxy groups -OCH3 is 1. The summed E-state index contributed by atoms with van der Waals surface area (Å²) in [6.45, 7) is -0.392. The molecule has 0 saturated carbocycles. The van der Waals surface area contributed by atoms with Crippen LogP contribution in [0.4, 0.5) is 4.39 Å². The van der Waals surface area contributed by atoms with Gasteiger partial charge in [0.2, 0.25) is 10.0 Å². The first kappa shape index (κ1) is 15.8. The van der Waals surface area contributed by atoms with Crippen LogP contribution in [0.3, 0.4) is 0 Å². The Labute approximate surface area is 114 Å². The van der Waals surface area contributed by atoms with E-state index in [4.69, 9.17) is 16.7 Å². The molecule has 6 nitrogen and oxygen atoms in total. The van der Waals surface area contributed by atoms with Crippen molar-refractivity contribution >= 4 is 27.6 Å². The van der Waals surface area contributed by atoms with Gasteiger partial charge in [0, 0.05) is 7.11 Å². The summed E-state index contributed by atoms with van der Waals surface area (Å²) in [6.07, 6.45) is 0. The van der Waals surface area contributed by atoms with Crippen molar-refractivity contribution in [1.82, 2.24) is 4.72 Å². The van der Waals surface area contributed by atoms with E-state index in [0.717, 1.165) is 6.07 Å². The zero-order chi connectivity index (χ0) is 14.6. The Morgan fingerprint density at radius 2 is 2.21 bits per heavy atom. The summed E-state index contributed by atoms with van der Waals surface area (Å²) in [5, 5.41) is 8.44. The molecule has 1 aromatic rings. The van der Waals surface area contributed by atoms with Gasteiger partial charge < -0.3 is 9.84 Å². The molecule has 0 spiro atoms. The van der Waals surface area contributed by atoms with Crippen LogP contribution in [0.15, 0.2) is 23.1 Å². The molecule has 106 valence electrons. The SMILES string of the molecule is COCC(NS(=O)(=O)c1cccc(Cl)c1F)C(=O)O. The largest absolute Gasteiger partial charge is 0.480 e. The molecule has 0 aliphatic carbocycles. The molecule has 2 N–H and O–H groups in total. The van der Waals surface area contributed by atoms with Gasteiger partial charge in [0.25, 0.3) is 0 Å². The third-order valence-corrected chi connectivity index (χ3v) is 3.92. The van der Waals surface area contributed by atoms with Gasteiger partial charge in [-0.3, -0.25) is 4.79 Å². The average Bonchev–Trinajstić information content (AvgIpc) is 2.31. The van der Waals surface area contributed by atoms with E-state index in [1.807, 2.05) is 4.72 Å². The lowest BCUT2D eigenvalue weighted by Gasteiger charge is -2.14. The molecule has 1 rings (SSSR count). The van der Waals surface area contributed by atoms with Crippen LogP contribution in [0.5, 0.6) is 0 Å². The first-order valence-electron chi connectivity index (χ1n) is 4.97. The van der Waals surface area contributed by atoms with Gasteiger partial charge in [-0.15, -0.1) is 0 Å². The number of carboxylic acid groups (broad SMARTS) is 1. The molecule has 1 aromatic carbocycles. The quantitative estimate of drug-likeness (QED) is 0.812. The van der Waals surface area contributed by atoms with Crippen LogP contribution in [-0.4, -0.2) is 39.3 Å². The minimum atomic E-state index is -4.35. The summed E-state index contributed by atoms with van der Waals surface area (Å²) in [4.78, 5) is 10.1. The Kier molecular flexibility index (Phi) is 5.24. The van der Waals surface area contributed by atoms with Crippen LogP contribution in [0.25, 0.3) is 0 Å². The first-order chi connectivity index (χ1) is 8.79. The van der Waals surface area contributed by atoms with Gasteiger partial charge >= 0.3 is 5.97 Å². The lowest BCUT2D eigenvalue weighted by molar-refractivity contribution is -0.140. The van der Waals surface area contributed by atoms with Crippen molar-refractivity contribution in [3.8, 4) is 0 Å². The highest BCUT2D eigenvalue weighted by Gasteiger charge is 2.28. The molecular formula is C10H11ClFNO5S. The van der Waals surface area contributed by atoms with E-state index in [0.29, 0.717) is 0 Å². The van der Waals surface area contributed by atoms with Crippen molar-refractivity contribution in [3.63, 3.8) is 0 Å². The van der Waals surface area contributed by atoms with Crippen molar-refractivity contribution < 1.29 is 27.4 Å². The summed E-state index contributed by atoms with van der Waals surface area (Å²) in [5.41, 5.74) is 0. The second-order valence-corrected chi connectivity index (χ2v) is 5.61. The van der Waals surface area contributed by atoms with Gasteiger partial charge in [-0.1, -0.05) is 17.7 Å². The van der Waals surface area contributed by atoms with E-state index in [1.54, 1.807) is 0 Å². The summed E-state index contributed by atoms with van der Waals surface area (Å²) in [7, 11) is -3.14. The minimum Gasteiger partial charge on any atom is -0.480 e. The predicted molar refractivity (Wildman–Crippen MR) is 65.0 cm³/mol. The Bertz CT molecular complexity index is 577. The average molecular weight is 312 g/mol. The Morgan fingerprint density at radius 3 is 2.74 bits per heavy atom. The highest BCUT2D eigenvalue weighted by Crippen LogP contribution is 2.21. The second-order valence-electron chi connectivity index (χ2n) is 3.52. The smallest absolute Gasteiger partial charge is 0.324 e. The monoisotopic (exact) mass is 311 g/mol. The van der Waals surface area contributed by atoms with E-state index in [1.165, 1.54) is 19.2 Å². The maximum absolute atomic E-state index is 13.6. The maximum Gasteiger partial charge on any atom is 0.324 e. The van der Waals surface area contributed by atoms with Crippen LogP contribution in [0, 0.1) is 5.82 Å². The lowest BCUT2D eigenvalue weighted by atomic mass is 10.3. The fourth-order valence-electron chi connectivity index (χ4n) is 1.26. The van der Waals surface area contributed by atoms with Crippen LogP contribution in [0.1, 0.15) is 0 Å². The fraction of sp³-hybridized carbons (Fsp3) is 0.300. The molecule has 0 aromatic heterocycles. The van der Waals surface area contributed by atoms with E-state index in [2.05, 4.69) is 4.74 Å². The molecule has 0 aliphatic rings. The Balaban J connectivity index is 3.10. The van der Waals surface area contributed by atoms with E-state index in [-0.39, 0.29) is 5.02 Å². The topological polar surface area (TPSA) is 92.7 Å². The molecule has 9 heteroatoms. The Morgan fingerprint density at radius 1 is 1.58 bits per heavy atom. The number of hydrogen-bond donors (Lipinski definition) is 2. The summed E-state index contributed by atoms with van der Waals surface area (Å²) in [5.74, 6) is -2.58. The lowest BCUT2D eigenvalue weighted by Crippen LogP contribution is -2.43. The van der Waals surface area contributed by atoms with E-state index < -0.39 is 39.4 Å². The van der Waals surface area contributed by atoms with Gasteiger partial charge in [-0.25, -0.2) is 12.8 Å². The molecule has 0 amide bonds. The van der Waals surface area contributed by atoms with Crippen LogP contribution in [-0.2, 0) is 19.6 Å². The zero-order valence-electron chi connectivity index (χ0n) is 9.76. The van der Waals surface area contributed by atoms with E-state index >= 15 is 0 Å². The van der Waals surface area contributed by atoms with Crippen LogP contribution < -0.4 is 4.72 Å². The van der Waals surface area contributed by atoms with Gasteiger partial charge in [-0.05, 0) is 12.1 Å². The molecule has 0 heterocycles. The van der Waals surface area contributed by atoms with Crippen molar-refractivity contribution in [2.75, 3.05) is 13.7 Å². The number of hydrogen-bond acceptors (Lipinski definition) is 4. The molecule has 19 heavy (non-hydrogen) atoms. The van der Waals surface area contributed by atoms with Crippen molar-refractivity contribution in [2.45, 2.75) is 10.9 Å². The summed E-state index contributed by atoms with van der Waals surface area (Å²) >= 11 is 5.47. The van der Waals surface area contributed by atoms with Crippen molar-refractivity contribution in [2.24, 2.45) is 0 Å². The number of aliphatic carboxylic acids is 1. The normalized spacial score (nSPS) is 13.2. The molecule has 1 unspecified atom stereocenters. The van der Waals surface area contributed by atoms with Gasteiger partial charge in [0.1, 0.15) is 10.9 Å². The number of benzene rings is 1. The van der Waals surface area contributed by atoms with Gasteiger partial charge in [0.05, 0.1) is 11.6 Å². The zero-order valence-corrected chi connectivity index (χ0v) is 11.3. The molecular weight excluding hydrogens is 301 g/mol. The second kappa shape index (κ2) is 6.29. The Hall–Kier alpha value is -1.22. The number of carbonyl (C=O) groups is 1.